The third-order valence-corrected chi connectivity index (χ3v) is 5.09. The number of hydrogen-bond donors (Lipinski definition) is 1. The molecule has 0 unspecified atom stereocenters. The molecule has 7 nitrogen and oxygen atoms in total. The molecule has 2 amide bonds. The van der Waals surface area contributed by atoms with Gasteiger partial charge in [-0.05, 0) is 36.9 Å². The summed E-state index contributed by atoms with van der Waals surface area (Å²) in [4.78, 5) is 30.7. The minimum absolute atomic E-state index is 0.0882. The SMILES string of the molecule is CCN1CCN(c2ccc(Cl)cc2NC(=O)CN(C)C(=O)c2ccco2)CC1. The monoisotopic (exact) mass is 404 g/mol. The highest BCUT2D eigenvalue weighted by Crippen LogP contribution is 2.30. The van der Waals surface area contributed by atoms with Gasteiger partial charge in [-0.2, -0.15) is 0 Å². The molecule has 3 rings (SSSR count). The molecule has 2 heterocycles. The molecule has 0 atom stereocenters. The van der Waals surface area contributed by atoms with Crippen molar-refractivity contribution in [2.24, 2.45) is 0 Å². The molecule has 0 spiro atoms. The van der Waals surface area contributed by atoms with Crippen LogP contribution in [0.25, 0.3) is 0 Å². The van der Waals surface area contributed by atoms with E-state index < -0.39 is 0 Å². The van der Waals surface area contributed by atoms with Crippen molar-refractivity contribution in [3.05, 3.63) is 47.4 Å². The van der Waals surface area contributed by atoms with Crippen molar-refractivity contribution in [3.8, 4) is 0 Å². The first-order valence-electron chi connectivity index (χ1n) is 9.33. The molecule has 1 aromatic heterocycles. The van der Waals surface area contributed by atoms with E-state index in [9.17, 15) is 9.59 Å². The number of halogens is 1. The maximum absolute atomic E-state index is 12.5. The second-order valence-corrected chi connectivity index (χ2v) is 7.21. The summed E-state index contributed by atoms with van der Waals surface area (Å²) >= 11 is 6.15. The molecule has 1 aliphatic heterocycles. The van der Waals surface area contributed by atoms with Crippen LogP contribution in [0.3, 0.4) is 0 Å². The van der Waals surface area contributed by atoms with Gasteiger partial charge in [0.05, 0.1) is 24.2 Å². The van der Waals surface area contributed by atoms with Gasteiger partial charge < -0.3 is 24.4 Å². The molecule has 150 valence electrons. The number of benzene rings is 1. The first kappa shape index (κ1) is 20.2. The van der Waals surface area contributed by atoms with Crippen LogP contribution in [-0.4, -0.2) is 67.9 Å². The number of anilines is 2. The quantitative estimate of drug-likeness (QED) is 0.801. The number of furan rings is 1. The number of rotatable bonds is 6. The van der Waals surface area contributed by atoms with Crippen molar-refractivity contribution in [2.45, 2.75) is 6.92 Å². The van der Waals surface area contributed by atoms with Crippen LogP contribution in [0.1, 0.15) is 17.5 Å². The smallest absolute Gasteiger partial charge is 0.289 e. The van der Waals surface area contributed by atoms with Gasteiger partial charge in [0, 0.05) is 38.2 Å². The second kappa shape index (κ2) is 9.12. The van der Waals surface area contributed by atoms with Crippen LogP contribution >= 0.6 is 11.6 Å². The van der Waals surface area contributed by atoms with Crippen molar-refractivity contribution in [1.82, 2.24) is 9.80 Å². The highest BCUT2D eigenvalue weighted by atomic mass is 35.5. The number of hydrogen-bond acceptors (Lipinski definition) is 5. The van der Waals surface area contributed by atoms with Gasteiger partial charge in [-0.3, -0.25) is 9.59 Å². The minimum Gasteiger partial charge on any atom is -0.459 e. The number of piperazine rings is 1. The molecule has 1 aromatic carbocycles. The number of nitrogens with zero attached hydrogens (tertiary/aromatic N) is 3. The minimum atomic E-state index is -0.345. The Morgan fingerprint density at radius 1 is 1.21 bits per heavy atom. The van der Waals surface area contributed by atoms with Gasteiger partial charge in [0.15, 0.2) is 5.76 Å². The van der Waals surface area contributed by atoms with E-state index in [1.807, 2.05) is 12.1 Å². The topological polar surface area (TPSA) is 69.0 Å². The van der Waals surface area contributed by atoms with Crippen molar-refractivity contribution >= 4 is 34.8 Å². The van der Waals surface area contributed by atoms with Gasteiger partial charge in [-0.1, -0.05) is 18.5 Å². The van der Waals surface area contributed by atoms with Crippen LogP contribution in [0.4, 0.5) is 11.4 Å². The molecule has 0 saturated carbocycles. The van der Waals surface area contributed by atoms with E-state index in [0.717, 1.165) is 38.4 Å². The fraction of sp³-hybridized carbons (Fsp3) is 0.400. The predicted molar refractivity (Wildman–Crippen MR) is 110 cm³/mol. The maximum atomic E-state index is 12.5. The van der Waals surface area contributed by atoms with Crippen LogP contribution in [0.15, 0.2) is 41.0 Å². The summed E-state index contributed by atoms with van der Waals surface area (Å²) in [6, 6.07) is 8.71. The molecule has 0 radical (unpaired) electrons. The van der Waals surface area contributed by atoms with E-state index in [0.29, 0.717) is 10.7 Å². The Hall–Kier alpha value is -2.51. The van der Waals surface area contributed by atoms with Gasteiger partial charge in [-0.15, -0.1) is 0 Å². The van der Waals surface area contributed by atoms with Crippen molar-refractivity contribution < 1.29 is 14.0 Å². The molecular formula is C20H25ClN4O3. The second-order valence-electron chi connectivity index (χ2n) is 6.77. The van der Waals surface area contributed by atoms with Crippen LogP contribution in [-0.2, 0) is 4.79 Å². The average molecular weight is 405 g/mol. The fourth-order valence-corrected chi connectivity index (χ4v) is 3.43. The largest absolute Gasteiger partial charge is 0.459 e. The van der Waals surface area contributed by atoms with E-state index in [4.69, 9.17) is 16.0 Å². The summed E-state index contributed by atoms with van der Waals surface area (Å²) in [7, 11) is 1.56. The average Bonchev–Trinajstić information content (AvgIpc) is 3.22. The molecule has 28 heavy (non-hydrogen) atoms. The fourth-order valence-electron chi connectivity index (χ4n) is 3.25. The summed E-state index contributed by atoms with van der Waals surface area (Å²) < 4.78 is 5.10. The van der Waals surface area contributed by atoms with Crippen molar-refractivity contribution in [2.75, 3.05) is 56.5 Å². The highest BCUT2D eigenvalue weighted by molar-refractivity contribution is 6.31. The van der Waals surface area contributed by atoms with Gasteiger partial charge in [0.2, 0.25) is 5.91 Å². The summed E-state index contributed by atoms with van der Waals surface area (Å²) in [5, 5.41) is 3.45. The highest BCUT2D eigenvalue weighted by Gasteiger charge is 2.21. The van der Waals surface area contributed by atoms with Gasteiger partial charge in [-0.25, -0.2) is 0 Å². The van der Waals surface area contributed by atoms with E-state index >= 15 is 0 Å². The summed E-state index contributed by atoms with van der Waals surface area (Å²) in [6.07, 6.45) is 1.43. The molecule has 0 bridgehead atoms. The Kier molecular flexibility index (Phi) is 6.59. The van der Waals surface area contributed by atoms with Crippen LogP contribution in [0.5, 0.6) is 0 Å². The lowest BCUT2D eigenvalue weighted by molar-refractivity contribution is -0.116. The van der Waals surface area contributed by atoms with Crippen LogP contribution in [0.2, 0.25) is 5.02 Å². The normalized spacial score (nSPS) is 14.8. The lowest BCUT2D eigenvalue weighted by atomic mass is 10.2. The Morgan fingerprint density at radius 3 is 2.61 bits per heavy atom. The van der Waals surface area contributed by atoms with E-state index in [-0.39, 0.29) is 24.1 Å². The molecule has 2 aromatic rings. The Balaban J connectivity index is 1.67. The molecule has 8 heteroatoms. The zero-order chi connectivity index (χ0) is 20.1. The third kappa shape index (κ3) is 4.85. The number of nitrogens with one attached hydrogen (secondary N) is 1. The van der Waals surface area contributed by atoms with Crippen LogP contribution < -0.4 is 10.2 Å². The zero-order valence-electron chi connectivity index (χ0n) is 16.2. The molecule has 0 aliphatic carbocycles. The maximum Gasteiger partial charge on any atom is 0.289 e. The zero-order valence-corrected chi connectivity index (χ0v) is 16.9. The molecule has 1 N–H and O–H groups in total. The Labute approximate surface area is 169 Å². The molecular weight excluding hydrogens is 380 g/mol. The molecule has 1 aliphatic rings. The summed E-state index contributed by atoms with van der Waals surface area (Å²) in [5.41, 5.74) is 1.59. The molecule has 1 fully saturated rings. The van der Waals surface area contributed by atoms with E-state index in [1.165, 1.54) is 11.2 Å². The standard InChI is InChI=1S/C20H25ClN4O3/c1-3-24-8-10-25(11-9-24)17-7-6-15(21)13-16(17)22-19(26)14-23(2)20(27)18-5-4-12-28-18/h4-7,12-13H,3,8-11,14H2,1-2H3,(H,22,26). The van der Waals surface area contributed by atoms with E-state index in [1.54, 1.807) is 25.2 Å². The number of amides is 2. The Morgan fingerprint density at radius 2 is 1.96 bits per heavy atom. The number of carbonyl (C=O) groups is 2. The first-order chi connectivity index (χ1) is 13.5. The number of likely N-dealkylation sites (N-methyl/N-ethyl adjacent to an activating group) is 2. The summed E-state index contributed by atoms with van der Waals surface area (Å²) in [5.74, 6) is -0.437. The lowest BCUT2D eigenvalue weighted by Crippen LogP contribution is -2.46. The predicted octanol–water partition coefficient (Wildman–Crippen LogP) is 2.79. The number of carbonyl (C=O) groups excluding carboxylic acids is 2. The third-order valence-electron chi connectivity index (χ3n) is 4.85. The van der Waals surface area contributed by atoms with Gasteiger partial charge in [0.25, 0.3) is 5.91 Å². The first-order valence-corrected chi connectivity index (χ1v) is 9.71. The van der Waals surface area contributed by atoms with Crippen molar-refractivity contribution in [1.29, 1.82) is 0 Å². The Bertz CT molecular complexity index is 817. The lowest BCUT2D eigenvalue weighted by Gasteiger charge is -2.36. The van der Waals surface area contributed by atoms with Gasteiger partial charge >= 0.3 is 0 Å². The summed E-state index contributed by atoms with van der Waals surface area (Å²) in [6.45, 7) is 6.83. The van der Waals surface area contributed by atoms with Crippen molar-refractivity contribution in [3.63, 3.8) is 0 Å². The van der Waals surface area contributed by atoms with Crippen LogP contribution in [0, 0.1) is 0 Å². The van der Waals surface area contributed by atoms with Gasteiger partial charge in [0.1, 0.15) is 0 Å². The van der Waals surface area contributed by atoms with E-state index in [2.05, 4.69) is 22.0 Å². The molecule has 1 saturated heterocycles.